The molecule has 2 aromatic carbocycles. The molecule has 0 unspecified atom stereocenters. The van der Waals surface area contributed by atoms with Gasteiger partial charge >= 0.3 is 5.97 Å². The number of ether oxygens (including phenoxy) is 1. The van der Waals surface area contributed by atoms with Gasteiger partial charge in [0, 0.05) is 24.5 Å². The van der Waals surface area contributed by atoms with Crippen LogP contribution in [0, 0.1) is 6.92 Å². The molecule has 0 spiro atoms. The number of esters is 1. The molecular weight excluding hydrogens is 402 g/mol. The summed E-state index contributed by atoms with van der Waals surface area (Å²) in [6.45, 7) is 2.54. The maximum absolute atomic E-state index is 12.6. The first kappa shape index (κ1) is 20.8. The highest BCUT2D eigenvalue weighted by Crippen LogP contribution is 2.28. The summed E-state index contributed by atoms with van der Waals surface area (Å²) in [7, 11) is -2.61. The van der Waals surface area contributed by atoms with Crippen LogP contribution < -0.4 is 0 Å². The quantitative estimate of drug-likeness (QED) is 0.525. The molecule has 0 radical (unpaired) electrons. The van der Waals surface area contributed by atoms with Crippen molar-refractivity contribution in [2.75, 3.05) is 13.7 Å². The van der Waals surface area contributed by atoms with Gasteiger partial charge in [-0.05, 0) is 30.7 Å². The van der Waals surface area contributed by atoms with Crippen LogP contribution in [0.5, 0.6) is 0 Å². The van der Waals surface area contributed by atoms with Gasteiger partial charge < -0.3 is 4.74 Å². The molecule has 1 saturated heterocycles. The Hall–Kier alpha value is -1.93. The van der Waals surface area contributed by atoms with Crippen LogP contribution in [0.25, 0.3) is 0 Å². The lowest BCUT2D eigenvalue weighted by molar-refractivity contribution is -0.146. The molecule has 28 heavy (non-hydrogen) atoms. The minimum atomic E-state index is -3.93. The fraction of sp³-hybridized carbons (Fsp3) is 0.350. The average molecular weight is 424 g/mol. The summed E-state index contributed by atoms with van der Waals surface area (Å²) >= 11 is 6.23. The van der Waals surface area contributed by atoms with Crippen molar-refractivity contribution >= 4 is 27.7 Å². The van der Waals surface area contributed by atoms with E-state index in [1.54, 1.807) is 18.2 Å². The van der Waals surface area contributed by atoms with Crippen molar-refractivity contribution in [1.29, 1.82) is 0 Å². The van der Waals surface area contributed by atoms with Gasteiger partial charge in [0.15, 0.2) is 0 Å². The molecule has 8 heteroatoms. The fourth-order valence-corrected chi connectivity index (χ4v) is 4.55. The number of likely N-dealkylation sites (tertiary alicyclic amines) is 1. The number of rotatable bonds is 6. The van der Waals surface area contributed by atoms with Gasteiger partial charge in [0.2, 0.25) is 0 Å². The SMILES string of the molecule is COC(=O)[C@@H]1C[C@@H](OS(=O)(=O)c2ccc(C)cc2)CN1Cc1ccccc1Cl. The Morgan fingerprint density at radius 1 is 1.18 bits per heavy atom. The van der Waals surface area contributed by atoms with Crippen molar-refractivity contribution in [2.45, 2.75) is 36.9 Å². The van der Waals surface area contributed by atoms with Gasteiger partial charge in [0.1, 0.15) is 6.04 Å². The van der Waals surface area contributed by atoms with Gasteiger partial charge in [0.25, 0.3) is 10.1 Å². The summed E-state index contributed by atoms with van der Waals surface area (Å²) in [4.78, 5) is 14.1. The first-order valence-electron chi connectivity index (χ1n) is 8.85. The van der Waals surface area contributed by atoms with E-state index in [-0.39, 0.29) is 17.9 Å². The fourth-order valence-electron chi connectivity index (χ4n) is 3.27. The maximum Gasteiger partial charge on any atom is 0.323 e. The van der Waals surface area contributed by atoms with Crippen LogP contribution in [0.4, 0.5) is 0 Å². The lowest BCUT2D eigenvalue weighted by Crippen LogP contribution is -2.36. The lowest BCUT2D eigenvalue weighted by Gasteiger charge is -2.22. The van der Waals surface area contributed by atoms with Gasteiger partial charge in [-0.1, -0.05) is 47.5 Å². The van der Waals surface area contributed by atoms with E-state index in [9.17, 15) is 13.2 Å². The van der Waals surface area contributed by atoms with Crippen molar-refractivity contribution < 1.29 is 22.1 Å². The zero-order valence-corrected chi connectivity index (χ0v) is 17.2. The third-order valence-electron chi connectivity index (χ3n) is 4.74. The van der Waals surface area contributed by atoms with E-state index in [1.165, 1.54) is 19.2 Å². The molecule has 0 aromatic heterocycles. The zero-order chi connectivity index (χ0) is 20.3. The topological polar surface area (TPSA) is 72.9 Å². The minimum Gasteiger partial charge on any atom is -0.468 e. The van der Waals surface area contributed by atoms with Crippen LogP contribution in [0.2, 0.25) is 5.02 Å². The number of hydrogen-bond donors (Lipinski definition) is 0. The van der Waals surface area contributed by atoms with Gasteiger partial charge in [0.05, 0.1) is 18.1 Å². The summed E-state index contributed by atoms with van der Waals surface area (Å²) in [6, 6.07) is 13.2. The normalized spacial score (nSPS) is 20.2. The van der Waals surface area contributed by atoms with Crippen LogP contribution in [-0.4, -0.2) is 45.1 Å². The van der Waals surface area contributed by atoms with E-state index in [0.29, 0.717) is 11.6 Å². The number of halogens is 1. The molecule has 2 atom stereocenters. The van der Waals surface area contributed by atoms with Gasteiger partial charge in [-0.3, -0.25) is 13.9 Å². The van der Waals surface area contributed by atoms with Gasteiger partial charge in [-0.2, -0.15) is 8.42 Å². The molecule has 0 bridgehead atoms. The predicted octanol–water partition coefficient (Wildman–Crippen LogP) is 3.17. The van der Waals surface area contributed by atoms with E-state index < -0.39 is 28.2 Å². The molecule has 1 aliphatic rings. The van der Waals surface area contributed by atoms with Crippen molar-refractivity contribution in [3.05, 3.63) is 64.7 Å². The molecule has 0 saturated carbocycles. The molecule has 1 aliphatic heterocycles. The van der Waals surface area contributed by atoms with E-state index in [4.69, 9.17) is 20.5 Å². The first-order valence-corrected chi connectivity index (χ1v) is 10.6. The van der Waals surface area contributed by atoms with Crippen molar-refractivity contribution in [2.24, 2.45) is 0 Å². The molecule has 3 rings (SSSR count). The van der Waals surface area contributed by atoms with E-state index in [1.807, 2.05) is 30.0 Å². The molecule has 2 aromatic rings. The van der Waals surface area contributed by atoms with Crippen LogP contribution >= 0.6 is 11.6 Å². The number of aryl methyl sites for hydroxylation is 1. The summed E-state index contributed by atoms with van der Waals surface area (Å²) in [5.41, 5.74) is 1.80. The van der Waals surface area contributed by atoms with Crippen LogP contribution in [-0.2, 0) is 30.4 Å². The Labute approximate surface area is 170 Å². The highest BCUT2D eigenvalue weighted by molar-refractivity contribution is 7.86. The molecule has 0 N–H and O–H groups in total. The Morgan fingerprint density at radius 3 is 2.50 bits per heavy atom. The molecule has 0 amide bonds. The third-order valence-corrected chi connectivity index (χ3v) is 6.49. The van der Waals surface area contributed by atoms with Gasteiger partial charge in [-0.25, -0.2) is 0 Å². The second-order valence-corrected chi connectivity index (χ2v) is 8.76. The highest BCUT2D eigenvalue weighted by Gasteiger charge is 2.40. The number of carbonyl (C=O) groups is 1. The number of carbonyl (C=O) groups excluding carboxylic acids is 1. The number of methoxy groups -OCH3 is 1. The van der Waals surface area contributed by atoms with Gasteiger partial charge in [-0.15, -0.1) is 0 Å². The van der Waals surface area contributed by atoms with Crippen molar-refractivity contribution in [3.63, 3.8) is 0 Å². The molecular formula is C20H22ClNO5S. The second kappa shape index (κ2) is 8.61. The second-order valence-electron chi connectivity index (χ2n) is 6.78. The molecule has 0 aliphatic carbocycles. The number of benzene rings is 2. The summed E-state index contributed by atoms with van der Waals surface area (Å²) in [6.07, 6.45) is -0.430. The van der Waals surface area contributed by atoms with Crippen LogP contribution in [0.15, 0.2) is 53.4 Å². The standard InChI is InChI=1S/C20H22ClNO5S/c1-14-7-9-17(10-8-14)28(24,25)27-16-11-19(20(23)26-2)22(13-16)12-15-5-3-4-6-18(15)21/h3-10,16,19H,11-13H2,1-2H3/t16-,19+/m1/s1. The largest absolute Gasteiger partial charge is 0.468 e. The summed E-state index contributed by atoms with van der Waals surface area (Å²) < 4.78 is 35.5. The monoisotopic (exact) mass is 423 g/mol. The zero-order valence-electron chi connectivity index (χ0n) is 15.7. The Kier molecular flexibility index (Phi) is 6.40. The first-order chi connectivity index (χ1) is 13.3. The summed E-state index contributed by atoms with van der Waals surface area (Å²) in [5, 5.41) is 0.586. The van der Waals surface area contributed by atoms with Crippen molar-refractivity contribution in [1.82, 2.24) is 4.90 Å². The Morgan fingerprint density at radius 2 is 1.86 bits per heavy atom. The summed E-state index contributed by atoms with van der Waals surface area (Å²) in [5.74, 6) is -0.425. The minimum absolute atomic E-state index is 0.0947. The maximum atomic E-state index is 12.6. The highest BCUT2D eigenvalue weighted by atomic mass is 35.5. The number of hydrogen-bond acceptors (Lipinski definition) is 6. The van der Waals surface area contributed by atoms with Crippen LogP contribution in [0.1, 0.15) is 17.5 Å². The molecule has 1 fully saturated rings. The molecule has 150 valence electrons. The lowest BCUT2D eigenvalue weighted by atomic mass is 10.1. The van der Waals surface area contributed by atoms with Crippen LogP contribution in [0.3, 0.4) is 0 Å². The number of nitrogens with zero attached hydrogens (tertiary/aromatic N) is 1. The average Bonchev–Trinajstić information content (AvgIpc) is 3.05. The molecule has 6 nitrogen and oxygen atoms in total. The molecule has 1 heterocycles. The Bertz CT molecular complexity index is 945. The van der Waals surface area contributed by atoms with E-state index in [2.05, 4.69) is 0 Å². The van der Waals surface area contributed by atoms with E-state index >= 15 is 0 Å². The Balaban J connectivity index is 1.77. The third kappa shape index (κ3) is 4.72. The van der Waals surface area contributed by atoms with E-state index in [0.717, 1.165) is 11.1 Å². The smallest absolute Gasteiger partial charge is 0.323 e. The van der Waals surface area contributed by atoms with Crippen molar-refractivity contribution in [3.8, 4) is 0 Å². The predicted molar refractivity (Wildman–Crippen MR) is 106 cm³/mol.